The average Bonchev–Trinajstić information content (AvgIpc) is 2.43. The van der Waals surface area contributed by atoms with Crippen LogP contribution in [0.4, 0.5) is 11.6 Å². The summed E-state index contributed by atoms with van der Waals surface area (Å²) in [6.45, 7) is 3.14. The molecule has 1 aromatic heterocycles. The molecule has 0 aliphatic heterocycles. The summed E-state index contributed by atoms with van der Waals surface area (Å²) in [5.74, 6) is 0.326. The maximum absolute atomic E-state index is 11.9. The van der Waals surface area contributed by atoms with Crippen LogP contribution in [0.1, 0.15) is 28.5 Å². The molecule has 3 N–H and O–H groups in total. The Morgan fingerprint density at radius 1 is 1.33 bits per heavy atom. The highest BCUT2D eigenvalue weighted by molar-refractivity contribution is 5.94. The molecule has 0 saturated carbocycles. The highest BCUT2D eigenvalue weighted by Gasteiger charge is 2.08. The number of carbonyl (C=O) groups excluding carboxylic acids is 1. The van der Waals surface area contributed by atoms with E-state index >= 15 is 0 Å². The van der Waals surface area contributed by atoms with Crippen molar-refractivity contribution in [2.75, 3.05) is 11.9 Å². The van der Waals surface area contributed by atoms with E-state index in [0.717, 1.165) is 5.69 Å². The highest BCUT2D eigenvalue weighted by Crippen LogP contribution is 2.14. The van der Waals surface area contributed by atoms with E-state index in [-0.39, 0.29) is 24.4 Å². The van der Waals surface area contributed by atoms with Crippen molar-refractivity contribution in [2.24, 2.45) is 0 Å². The Hall–Kier alpha value is -2.47. The summed E-state index contributed by atoms with van der Waals surface area (Å²) in [5.41, 5.74) is 2.14. The zero-order valence-electron chi connectivity index (χ0n) is 11.9. The number of aryl methyl sites for hydroxylation is 1. The quantitative estimate of drug-likeness (QED) is 0.725. The van der Waals surface area contributed by atoms with Crippen molar-refractivity contribution < 1.29 is 9.90 Å². The number of hydrogen-bond acceptors (Lipinski definition) is 5. The smallest absolute Gasteiger partial charge is 0.255 e. The van der Waals surface area contributed by atoms with Gasteiger partial charge < -0.3 is 10.4 Å². The van der Waals surface area contributed by atoms with Crippen LogP contribution in [-0.2, 0) is 6.42 Å². The van der Waals surface area contributed by atoms with Crippen LogP contribution < -0.4 is 10.9 Å². The molecule has 0 radical (unpaired) electrons. The topological polar surface area (TPSA) is 95.1 Å². The second-order valence-corrected chi connectivity index (χ2v) is 4.71. The van der Waals surface area contributed by atoms with Crippen molar-refractivity contribution in [3.05, 3.63) is 51.4 Å². The van der Waals surface area contributed by atoms with E-state index in [1.165, 1.54) is 6.92 Å². The van der Waals surface area contributed by atoms with Crippen molar-refractivity contribution in [1.29, 1.82) is 0 Å². The van der Waals surface area contributed by atoms with Crippen molar-refractivity contribution in [3.63, 3.8) is 0 Å². The van der Waals surface area contributed by atoms with Gasteiger partial charge in [0.1, 0.15) is 0 Å². The van der Waals surface area contributed by atoms with E-state index in [9.17, 15) is 9.59 Å². The number of rotatable bonds is 5. The van der Waals surface area contributed by atoms with Crippen LogP contribution in [-0.4, -0.2) is 27.5 Å². The number of Topliss-reactive ketones (excluding diaryl/α,β-unsaturated/α-hetero) is 1. The number of carbonyl (C=O) groups is 1. The highest BCUT2D eigenvalue weighted by atomic mass is 16.3. The van der Waals surface area contributed by atoms with E-state index in [0.29, 0.717) is 22.8 Å². The van der Waals surface area contributed by atoms with Gasteiger partial charge in [0.05, 0.1) is 5.69 Å². The molecule has 6 nitrogen and oxygen atoms in total. The molecule has 0 aliphatic rings. The third-order valence-corrected chi connectivity index (χ3v) is 3.14. The normalized spacial score (nSPS) is 10.4. The van der Waals surface area contributed by atoms with Gasteiger partial charge in [-0.25, -0.2) is 4.98 Å². The van der Waals surface area contributed by atoms with Gasteiger partial charge in [-0.2, -0.15) is 0 Å². The average molecular weight is 287 g/mol. The molecule has 1 heterocycles. The summed E-state index contributed by atoms with van der Waals surface area (Å²) in [6.07, 6.45) is 0.280. The van der Waals surface area contributed by atoms with Crippen molar-refractivity contribution >= 4 is 17.4 Å². The van der Waals surface area contributed by atoms with Crippen LogP contribution >= 0.6 is 0 Å². The number of anilines is 2. The lowest BCUT2D eigenvalue weighted by molar-refractivity contribution is 0.101. The second-order valence-electron chi connectivity index (χ2n) is 4.71. The first-order chi connectivity index (χ1) is 10.0. The molecule has 0 unspecified atom stereocenters. The van der Waals surface area contributed by atoms with Crippen LogP contribution in [0.25, 0.3) is 0 Å². The van der Waals surface area contributed by atoms with Crippen LogP contribution in [0.15, 0.2) is 29.1 Å². The zero-order valence-corrected chi connectivity index (χ0v) is 11.9. The van der Waals surface area contributed by atoms with Gasteiger partial charge in [-0.05, 0) is 38.1 Å². The number of aromatic amines is 1. The van der Waals surface area contributed by atoms with E-state index in [1.54, 1.807) is 31.2 Å². The lowest BCUT2D eigenvalue weighted by Gasteiger charge is -2.09. The summed E-state index contributed by atoms with van der Waals surface area (Å²) in [7, 11) is 0. The van der Waals surface area contributed by atoms with E-state index in [1.807, 2.05) is 0 Å². The predicted octanol–water partition coefficient (Wildman–Crippen LogP) is 1.56. The van der Waals surface area contributed by atoms with Crippen LogP contribution in [0, 0.1) is 6.92 Å². The Kier molecular flexibility index (Phi) is 4.49. The number of aromatic nitrogens is 2. The van der Waals surface area contributed by atoms with Gasteiger partial charge in [0.25, 0.3) is 5.56 Å². The molecule has 0 fully saturated rings. The fourth-order valence-corrected chi connectivity index (χ4v) is 2.00. The molecular weight excluding hydrogens is 270 g/mol. The molecule has 0 atom stereocenters. The number of ketones is 1. The third-order valence-electron chi connectivity index (χ3n) is 3.14. The molecule has 0 bridgehead atoms. The van der Waals surface area contributed by atoms with Crippen LogP contribution in [0.3, 0.4) is 0 Å². The third kappa shape index (κ3) is 3.55. The number of H-pyrrole nitrogens is 1. The maximum atomic E-state index is 11.9. The van der Waals surface area contributed by atoms with E-state index in [4.69, 9.17) is 5.11 Å². The number of aliphatic hydroxyl groups is 1. The Bertz CT molecular complexity index is 705. The Balaban J connectivity index is 2.23. The van der Waals surface area contributed by atoms with Gasteiger partial charge in [-0.1, -0.05) is 0 Å². The second kappa shape index (κ2) is 6.32. The van der Waals surface area contributed by atoms with Gasteiger partial charge >= 0.3 is 0 Å². The van der Waals surface area contributed by atoms with Crippen molar-refractivity contribution in [3.8, 4) is 0 Å². The van der Waals surface area contributed by atoms with E-state index < -0.39 is 0 Å². The summed E-state index contributed by atoms with van der Waals surface area (Å²) in [4.78, 5) is 30.0. The van der Waals surface area contributed by atoms with Gasteiger partial charge in [0, 0.05) is 29.8 Å². The Morgan fingerprint density at radius 3 is 2.52 bits per heavy atom. The van der Waals surface area contributed by atoms with Crippen LogP contribution in [0.5, 0.6) is 0 Å². The largest absolute Gasteiger partial charge is 0.396 e. The number of benzene rings is 1. The molecular formula is C15H17N3O3. The lowest BCUT2D eigenvalue weighted by atomic mass is 10.1. The van der Waals surface area contributed by atoms with Gasteiger partial charge in [0.2, 0.25) is 5.95 Å². The summed E-state index contributed by atoms with van der Waals surface area (Å²) >= 11 is 0. The fraction of sp³-hybridized carbons (Fsp3) is 0.267. The molecule has 0 spiro atoms. The molecule has 0 aliphatic carbocycles. The zero-order chi connectivity index (χ0) is 15.4. The molecule has 2 aromatic rings. The minimum absolute atomic E-state index is 0.00252. The summed E-state index contributed by atoms with van der Waals surface area (Å²) < 4.78 is 0. The fourth-order valence-electron chi connectivity index (χ4n) is 2.00. The van der Waals surface area contributed by atoms with Crippen molar-refractivity contribution in [1.82, 2.24) is 9.97 Å². The lowest BCUT2D eigenvalue weighted by Crippen LogP contribution is -2.19. The maximum Gasteiger partial charge on any atom is 0.255 e. The predicted molar refractivity (Wildman–Crippen MR) is 80.1 cm³/mol. The summed E-state index contributed by atoms with van der Waals surface area (Å²) in [6, 6.07) is 6.90. The molecule has 1 aromatic carbocycles. The van der Waals surface area contributed by atoms with Gasteiger partial charge in [-0.3, -0.25) is 14.6 Å². The number of nitrogens with zero attached hydrogens (tertiary/aromatic N) is 1. The molecule has 6 heteroatoms. The minimum Gasteiger partial charge on any atom is -0.396 e. The number of nitrogens with one attached hydrogen (secondary N) is 2. The molecule has 110 valence electrons. The number of aliphatic hydroxyl groups excluding tert-OH is 1. The molecule has 0 amide bonds. The van der Waals surface area contributed by atoms with Gasteiger partial charge in [-0.15, -0.1) is 0 Å². The molecule has 0 saturated heterocycles. The standard InChI is InChI=1S/C15H17N3O3/c1-9-13(7-8-19)14(21)18-15(16-9)17-12-5-3-11(4-6-12)10(2)20/h3-6,19H,7-8H2,1-2H3,(H2,16,17,18,21). The summed E-state index contributed by atoms with van der Waals surface area (Å²) in [5, 5.41) is 11.9. The first-order valence-electron chi connectivity index (χ1n) is 6.60. The minimum atomic E-state index is -0.264. The van der Waals surface area contributed by atoms with E-state index in [2.05, 4.69) is 15.3 Å². The number of hydrogen-bond donors (Lipinski definition) is 3. The Labute approximate surface area is 121 Å². The Morgan fingerprint density at radius 2 is 2.00 bits per heavy atom. The van der Waals surface area contributed by atoms with Crippen molar-refractivity contribution in [2.45, 2.75) is 20.3 Å². The molecule has 2 rings (SSSR count). The van der Waals surface area contributed by atoms with Gasteiger partial charge in [0.15, 0.2) is 5.78 Å². The SMILES string of the molecule is CC(=O)c1ccc(Nc2nc(C)c(CCO)c(=O)[nH]2)cc1. The monoisotopic (exact) mass is 287 g/mol. The molecule has 21 heavy (non-hydrogen) atoms. The first kappa shape index (κ1) is 14.9. The van der Waals surface area contributed by atoms with Crippen LogP contribution in [0.2, 0.25) is 0 Å². The first-order valence-corrected chi connectivity index (χ1v) is 6.60.